The van der Waals surface area contributed by atoms with Gasteiger partial charge in [-0.2, -0.15) is 0 Å². The van der Waals surface area contributed by atoms with Crippen molar-refractivity contribution in [2.75, 3.05) is 26.4 Å². The number of rotatable bonds is 3. The van der Waals surface area contributed by atoms with Gasteiger partial charge in [-0.25, -0.2) is 9.38 Å². The highest BCUT2D eigenvalue weighted by atomic mass is 127. The Morgan fingerprint density at radius 1 is 1.35 bits per heavy atom. The van der Waals surface area contributed by atoms with Gasteiger partial charge in [-0.15, -0.1) is 24.0 Å². The minimum Gasteiger partial charge on any atom is -0.467 e. The van der Waals surface area contributed by atoms with Crippen molar-refractivity contribution in [3.63, 3.8) is 0 Å². The molecule has 1 saturated heterocycles. The van der Waals surface area contributed by atoms with Crippen molar-refractivity contribution in [3.8, 4) is 5.75 Å². The molecule has 0 atom stereocenters. The highest BCUT2D eigenvalue weighted by Gasteiger charge is 2.18. The maximum atomic E-state index is 13.7. The second-order valence-corrected chi connectivity index (χ2v) is 5.53. The second kappa shape index (κ2) is 8.68. The van der Waals surface area contributed by atoms with Gasteiger partial charge in [-0.05, 0) is 31.9 Å². The predicted octanol–water partition coefficient (Wildman–Crippen LogP) is 2.87. The molecule has 0 aliphatic carbocycles. The molecule has 3 rings (SSSR count). The monoisotopic (exact) mass is 435 g/mol. The number of aliphatic imine (C=N–C) groups is 1. The Bertz CT molecular complexity index is 563. The Balaban J connectivity index is 0.00000192. The van der Waals surface area contributed by atoms with E-state index in [9.17, 15) is 4.39 Å². The molecule has 1 aromatic rings. The minimum absolute atomic E-state index is 0. The van der Waals surface area contributed by atoms with E-state index in [-0.39, 0.29) is 36.6 Å². The zero-order chi connectivity index (χ0) is 15.4. The van der Waals surface area contributed by atoms with Crippen LogP contribution < -0.4 is 10.1 Å². The average Bonchev–Trinajstić information content (AvgIpc) is 3.05. The number of fused-ring (bicyclic) bond motifs is 1. The molecule has 0 unspecified atom stereocenters. The Morgan fingerprint density at radius 2 is 2.13 bits per heavy atom. The lowest BCUT2D eigenvalue weighted by Gasteiger charge is -2.22. The first kappa shape index (κ1) is 18.3. The maximum absolute atomic E-state index is 13.7. The third-order valence-corrected chi connectivity index (χ3v) is 3.89. The summed E-state index contributed by atoms with van der Waals surface area (Å²) in [6, 6.07) is 2.97. The zero-order valence-corrected chi connectivity index (χ0v) is 15.6. The first-order valence-electron chi connectivity index (χ1n) is 7.83. The molecular formula is C16H23FIN3O2. The van der Waals surface area contributed by atoms with Crippen molar-refractivity contribution in [2.24, 2.45) is 4.99 Å². The molecule has 2 aliphatic rings. The fourth-order valence-electron chi connectivity index (χ4n) is 2.89. The van der Waals surface area contributed by atoms with Crippen LogP contribution in [0.5, 0.6) is 5.75 Å². The van der Waals surface area contributed by atoms with Crippen molar-refractivity contribution in [1.29, 1.82) is 0 Å². The van der Waals surface area contributed by atoms with Gasteiger partial charge in [-0.1, -0.05) is 0 Å². The van der Waals surface area contributed by atoms with E-state index in [1.807, 2.05) is 0 Å². The number of ether oxygens (including phenoxy) is 2. The maximum Gasteiger partial charge on any atom is 0.194 e. The Kier molecular flexibility index (Phi) is 6.88. The predicted molar refractivity (Wildman–Crippen MR) is 97.7 cm³/mol. The van der Waals surface area contributed by atoms with E-state index in [2.05, 4.69) is 22.1 Å². The summed E-state index contributed by atoms with van der Waals surface area (Å²) in [6.45, 7) is 5.92. The molecule has 7 heteroatoms. The molecule has 1 fully saturated rings. The van der Waals surface area contributed by atoms with E-state index in [1.54, 1.807) is 0 Å². The van der Waals surface area contributed by atoms with Crippen LogP contribution in [0.4, 0.5) is 4.39 Å². The van der Waals surface area contributed by atoms with Gasteiger partial charge in [0.1, 0.15) is 11.6 Å². The number of hydrogen-bond acceptors (Lipinski definition) is 3. The largest absolute Gasteiger partial charge is 0.467 e. The molecule has 0 spiro atoms. The minimum atomic E-state index is -0.274. The van der Waals surface area contributed by atoms with E-state index in [4.69, 9.17) is 9.47 Å². The number of likely N-dealkylation sites (tertiary alicyclic amines) is 1. The molecule has 2 aliphatic heterocycles. The van der Waals surface area contributed by atoms with Crippen LogP contribution in [0.2, 0.25) is 0 Å². The fraction of sp³-hybridized carbons (Fsp3) is 0.562. The molecule has 5 nitrogen and oxygen atoms in total. The first-order chi connectivity index (χ1) is 10.8. The molecule has 0 aromatic heterocycles. The van der Waals surface area contributed by atoms with E-state index >= 15 is 0 Å². The summed E-state index contributed by atoms with van der Waals surface area (Å²) in [5, 5.41) is 3.31. The van der Waals surface area contributed by atoms with Gasteiger partial charge < -0.3 is 19.7 Å². The van der Waals surface area contributed by atoms with Crippen LogP contribution in [0.3, 0.4) is 0 Å². The Labute approximate surface area is 153 Å². The summed E-state index contributed by atoms with van der Waals surface area (Å²) in [4.78, 5) is 6.91. The number of halogens is 2. The number of benzene rings is 1. The standard InChI is InChI=1S/C16H22FN3O2.HI/c1-2-18-16(20-5-3-4-6-20)19-9-12-7-14(17)8-13-10-21-11-22-15(12)13;/h7-8H,2-6,9-11H2,1H3,(H,18,19);1H. The second-order valence-electron chi connectivity index (χ2n) is 5.53. The number of guanidine groups is 1. The molecule has 1 aromatic carbocycles. The summed E-state index contributed by atoms with van der Waals surface area (Å²) in [6.07, 6.45) is 2.39. The number of nitrogens with zero attached hydrogens (tertiary/aromatic N) is 2. The van der Waals surface area contributed by atoms with Crippen LogP contribution in [0, 0.1) is 5.82 Å². The van der Waals surface area contributed by atoms with Crippen LogP contribution in [-0.4, -0.2) is 37.3 Å². The van der Waals surface area contributed by atoms with Gasteiger partial charge >= 0.3 is 0 Å². The first-order valence-corrected chi connectivity index (χ1v) is 7.83. The fourth-order valence-corrected chi connectivity index (χ4v) is 2.89. The summed E-state index contributed by atoms with van der Waals surface area (Å²) in [5.74, 6) is 1.34. The van der Waals surface area contributed by atoms with Crippen molar-refractivity contribution in [2.45, 2.75) is 32.9 Å². The van der Waals surface area contributed by atoms with Gasteiger partial charge in [0.25, 0.3) is 0 Å². The number of nitrogens with one attached hydrogen (secondary N) is 1. The van der Waals surface area contributed by atoms with Gasteiger partial charge in [0.05, 0.1) is 13.2 Å². The summed E-state index contributed by atoms with van der Waals surface area (Å²) in [5.41, 5.74) is 1.52. The van der Waals surface area contributed by atoms with Crippen molar-refractivity contribution in [1.82, 2.24) is 10.2 Å². The van der Waals surface area contributed by atoms with Crippen molar-refractivity contribution in [3.05, 3.63) is 29.1 Å². The van der Waals surface area contributed by atoms with Gasteiger partial charge in [0, 0.05) is 30.8 Å². The Morgan fingerprint density at radius 3 is 2.87 bits per heavy atom. The third-order valence-electron chi connectivity index (χ3n) is 3.89. The van der Waals surface area contributed by atoms with Crippen LogP contribution in [0.1, 0.15) is 30.9 Å². The van der Waals surface area contributed by atoms with E-state index in [0.29, 0.717) is 18.9 Å². The van der Waals surface area contributed by atoms with Gasteiger partial charge in [-0.3, -0.25) is 0 Å². The van der Waals surface area contributed by atoms with Crippen LogP contribution in [-0.2, 0) is 17.9 Å². The molecule has 0 bridgehead atoms. The van der Waals surface area contributed by atoms with Gasteiger partial charge in [0.15, 0.2) is 12.8 Å². The SMILES string of the molecule is CCNC(=NCc1cc(F)cc2c1OCOC2)N1CCCC1.I. The zero-order valence-electron chi connectivity index (χ0n) is 13.3. The van der Waals surface area contributed by atoms with E-state index in [0.717, 1.165) is 36.7 Å². The molecule has 0 radical (unpaired) electrons. The lowest BCUT2D eigenvalue weighted by atomic mass is 10.1. The van der Waals surface area contributed by atoms with Crippen LogP contribution in [0.15, 0.2) is 17.1 Å². The summed E-state index contributed by atoms with van der Waals surface area (Å²) < 4.78 is 24.5. The van der Waals surface area contributed by atoms with Crippen LogP contribution >= 0.6 is 24.0 Å². The Hall–Kier alpha value is -1.09. The molecule has 0 saturated carbocycles. The van der Waals surface area contributed by atoms with E-state index in [1.165, 1.54) is 25.0 Å². The molecule has 2 heterocycles. The normalized spacial score (nSPS) is 17.3. The quantitative estimate of drug-likeness (QED) is 0.451. The van der Waals surface area contributed by atoms with Gasteiger partial charge in [0.2, 0.25) is 0 Å². The molecular weight excluding hydrogens is 412 g/mol. The smallest absolute Gasteiger partial charge is 0.194 e. The van der Waals surface area contributed by atoms with Crippen LogP contribution in [0.25, 0.3) is 0 Å². The molecule has 23 heavy (non-hydrogen) atoms. The molecule has 0 amide bonds. The number of hydrogen-bond donors (Lipinski definition) is 1. The van der Waals surface area contributed by atoms with E-state index < -0.39 is 0 Å². The summed E-state index contributed by atoms with van der Waals surface area (Å²) >= 11 is 0. The lowest BCUT2D eigenvalue weighted by Crippen LogP contribution is -2.39. The lowest BCUT2D eigenvalue weighted by molar-refractivity contribution is -0.0172. The molecule has 1 N–H and O–H groups in total. The third kappa shape index (κ3) is 4.47. The summed E-state index contributed by atoms with van der Waals surface area (Å²) in [7, 11) is 0. The topological polar surface area (TPSA) is 46.1 Å². The highest BCUT2D eigenvalue weighted by molar-refractivity contribution is 14.0. The average molecular weight is 435 g/mol. The van der Waals surface area contributed by atoms with Crippen molar-refractivity contribution < 1.29 is 13.9 Å². The van der Waals surface area contributed by atoms with Crippen molar-refractivity contribution >= 4 is 29.9 Å². The highest BCUT2D eigenvalue weighted by Crippen LogP contribution is 2.30. The molecule has 128 valence electrons.